The SMILES string of the molecule is CCN(CC(=O)O)C1CC(NC(=O)NCCOC2CCCC2)C1. The van der Waals surface area contributed by atoms with Crippen molar-refractivity contribution in [2.75, 3.05) is 26.2 Å². The maximum Gasteiger partial charge on any atom is 0.317 e. The van der Waals surface area contributed by atoms with Gasteiger partial charge in [0.25, 0.3) is 0 Å². The molecule has 132 valence electrons. The van der Waals surface area contributed by atoms with Crippen molar-refractivity contribution in [3.63, 3.8) is 0 Å². The number of carboxylic acid groups (broad SMARTS) is 1. The summed E-state index contributed by atoms with van der Waals surface area (Å²) in [6, 6.07) is 0.232. The Morgan fingerprint density at radius 3 is 2.57 bits per heavy atom. The Kier molecular flexibility index (Phi) is 7.11. The number of carbonyl (C=O) groups excluding carboxylic acids is 1. The Morgan fingerprint density at radius 2 is 1.96 bits per heavy atom. The number of amides is 2. The first-order valence-electron chi connectivity index (χ1n) is 8.70. The Labute approximate surface area is 137 Å². The number of ether oxygens (including phenoxy) is 1. The van der Waals surface area contributed by atoms with Gasteiger partial charge in [0.05, 0.1) is 19.3 Å². The number of urea groups is 1. The van der Waals surface area contributed by atoms with Crippen molar-refractivity contribution < 1.29 is 19.4 Å². The van der Waals surface area contributed by atoms with E-state index in [1.54, 1.807) is 0 Å². The summed E-state index contributed by atoms with van der Waals surface area (Å²) in [4.78, 5) is 24.5. The largest absolute Gasteiger partial charge is 0.480 e. The number of likely N-dealkylation sites (N-methyl/N-ethyl adjacent to an activating group) is 1. The van der Waals surface area contributed by atoms with Crippen LogP contribution in [0.4, 0.5) is 4.79 Å². The van der Waals surface area contributed by atoms with Gasteiger partial charge < -0.3 is 20.5 Å². The second-order valence-electron chi connectivity index (χ2n) is 6.46. The molecular formula is C16H29N3O4. The van der Waals surface area contributed by atoms with Crippen LogP contribution in [-0.4, -0.2) is 66.4 Å². The fourth-order valence-corrected chi connectivity index (χ4v) is 3.36. The number of nitrogens with one attached hydrogen (secondary N) is 2. The van der Waals surface area contributed by atoms with E-state index in [-0.39, 0.29) is 24.7 Å². The third-order valence-electron chi connectivity index (χ3n) is 4.75. The average molecular weight is 327 g/mol. The van der Waals surface area contributed by atoms with Crippen LogP contribution < -0.4 is 10.6 Å². The molecule has 0 atom stereocenters. The minimum absolute atomic E-state index is 0.0680. The number of hydrogen-bond acceptors (Lipinski definition) is 4. The first kappa shape index (κ1) is 18.0. The van der Waals surface area contributed by atoms with E-state index in [1.807, 2.05) is 11.8 Å². The molecule has 0 aromatic heterocycles. The molecule has 0 heterocycles. The lowest BCUT2D eigenvalue weighted by Crippen LogP contribution is -2.56. The smallest absolute Gasteiger partial charge is 0.317 e. The fourth-order valence-electron chi connectivity index (χ4n) is 3.36. The summed E-state index contributed by atoms with van der Waals surface area (Å²) in [5.74, 6) is -0.803. The molecule has 0 bridgehead atoms. The third kappa shape index (κ3) is 5.99. The van der Waals surface area contributed by atoms with Crippen LogP contribution in [0.3, 0.4) is 0 Å². The zero-order chi connectivity index (χ0) is 16.7. The molecule has 3 N–H and O–H groups in total. The van der Waals surface area contributed by atoms with Crippen LogP contribution in [0.25, 0.3) is 0 Å². The lowest BCUT2D eigenvalue weighted by molar-refractivity contribution is -0.139. The molecule has 7 heteroatoms. The van der Waals surface area contributed by atoms with Crippen LogP contribution >= 0.6 is 0 Å². The zero-order valence-corrected chi connectivity index (χ0v) is 13.9. The van der Waals surface area contributed by atoms with Crippen molar-refractivity contribution in [2.45, 2.75) is 63.6 Å². The van der Waals surface area contributed by atoms with E-state index < -0.39 is 5.97 Å². The van der Waals surface area contributed by atoms with Gasteiger partial charge in [0.1, 0.15) is 0 Å². The van der Waals surface area contributed by atoms with Crippen LogP contribution in [0.2, 0.25) is 0 Å². The highest BCUT2D eigenvalue weighted by molar-refractivity contribution is 5.74. The molecule has 2 amide bonds. The van der Waals surface area contributed by atoms with Gasteiger partial charge in [0.2, 0.25) is 0 Å². The van der Waals surface area contributed by atoms with Crippen LogP contribution in [0.5, 0.6) is 0 Å². The van der Waals surface area contributed by atoms with E-state index in [0.29, 0.717) is 25.8 Å². The van der Waals surface area contributed by atoms with Crippen molar-refractivity contribution in [2.24, 2.45) is 0 Å². The molecule has 0 spiro atoms. The summed E-state index contributed by atoms with van der Waals surface area (Å²) in [6.07, 6.45) is 6.78. The molecule has 2 saturated carbocycles. The predicted molar refractivity (Wildman–Crippen MR) is 86.4 cm³/mol. The molecule has 0 unspecified atom stereocenters. The quantitative estimate of drug-likeness (QED) is 0.553. The minimum atomic E-state index is -0.803. The number of hydrogen-bond donors (Lipinski definition) is 3. The average Bonchev–Trinajstić information content (AvgIpc) is 2.98. The van der Waals surface area contributed by atoms with Crippen LogP contribution in [0.1, 0.15) is 45.4 Å². The minimum Gasteiger partial charge on any atom is -0.480 e. The summed E-state index contributed by atoms with van der Waals surface area (Å²) in [5.41, 5.74) is 0. The summed E-state index contributed by atoms with van der Waals surface area (Å²) in [5, 5.41) is 14.6. The van der Waals surface area contributed by atoms with Crippen LogP contribution in [0, 0.1) is 0 Å². The maximum absolute atomic E-state index is 11.8. The van der Waals surface area contributed by atoms with Crippen LogP contribution in [-0.2, 0) is 9.53 Å². The molecule has 2 fully saturated rings. The number of aliphatic carboxylic acids is 1. The highest BCUT2D eigenvalue weighted by Gasteiger charge is 2.34. The molecule has 2 aliphatic rings. The first-order chi connectivity index (χ1) is 11.1. The molecule has 2 aliphatic carbocycles. The summed E-state index contributed by atoms with van der Waals surface area (Å²) < 4.78 is 5.69. The number of nitrogens with zero attached hydrogens (tertiary/aromatic N) is 1. The van der Waals surface area contributed by atoms with Crippen molar-refractivity contribution in [3.8, 4) is 0 Å². The van der Waals surface area contributed by atoms with Gasteiger partial charge >= 0.3 is 12.0 Å². The molecular weight excluding hydrogens is 298 g/mol. The number of carboxylic acids is 1. The number of carbonyl (C=O) groups is 2. The highest BCUT2D eigenvalue weighted by atomic mass is 16.5. The maximum atomic E-state index is 11.8. The standard InChI is InChI=1S/C16H29N3O4/c1-2-19(11-15(20)21)13-9-12(10-13)18-16(22)17-7-8-23-14-5-3-4-6-14/h12-14H,2-11H2,1H3,(H,20,21)(H2,17,18,22). The molecule has 2 rings (SSSR count). The van der Waals surface area contributed by atoms with Gasteiger partial charge in [-0.25, -0.2) is 4.79 Å². The van der Waals surface area contributed by atoms with Gasteiger partial charge in [-0.1, -0.05) is 19.8 Å². The van der Waals surface area contributed by atoms with E-state index in [4.69, 9.17) is 9.84 Å². The topological polar surface area (TPSA) is 90.9 Å². The molecule has 7 nitrogen and oxygen atoms in total. The van der Waals surface area contributed by atoms with E-state index in [9.17, 15) is 9.59 Å². The van der Waals surface area contributed by atoms with Crippen molar-refractivity contribution in [3.05, 3.63) is 0 Å². The Balaban J connectivity index is 1.52. The Bertz CT molecular complexity index is 393. The van der Waals surface area contributed by atoms with Gasteiger partial charge in [-0.05, 0) is 32.2 Å². The summed E-state index contributed by atoms with van der Waals surface area (Å²) >= 11 is 0. The highest BCUT2D eigenvalue weighted by Crippen LogP contribution is 2.25. The molecule has 0 aliphatic heterocycles. The molecule has 23 heavy (non-hydrogen) atoms. The zero-order valence-electron chi connectivity index (χ0n) is 13.9. The normalized spacial score (nSPS) is 24.4. The summed E-state index contributed by atoms with van der Waals surface area (Å²) in [7, 11) is 0. The van der Waals surface area contributed by atoms with E-state index in [0.717, 1.165) is 25.7 Å². The van der Waals surface area contributed by atoms with Crippen molar-refractivity contribution >= 4 is 12.0 Å². The van der Waals surface area contributed by atoms with Crippen molar-refractivity contribution in [1.82, 2.24) is 15.5 Å². The van der Waals surface area contributed by atoms with Gasteiger partial charge in [-0.15, -0.1) is 0 Å². The van der Waals surface area contributed by atoms with E-state index in [2.05, 4.69) is 10.6 Å². The Hall–Kier alpha value is -1.34. The van der Waals surface area contributed by atoms with Crippen molar-refractivity contribution in [1.29, 1.82) is 0 Å². The molecule has 0 aromatic rings. The van der Waals surface area contributed by atoms with Gasteiger partial charge in [-0.3, -0.25) is 9.69 Å². The lowest BCUT2D eigenvalue weighted by atomic mass is 9.85. The van der Waals surface area contributed by atoms with Gasteiger partial charge in [0.15, 0.2) is 0 Å². The van der Waals surface area contributed by atoms with Crippen LogP contribution in [0.15, 0.2) is 0 Å². The Morgan fingerprint density at radius 1 is 1.26 bits per heavy atom. The number of rotatable bonds is 9. The van der Waals surface area contributed by atoms with Gasteiger partial charge in [0, 0.05) is 18.6 Å². The molecule has 0 saturated heterocycles. The third-order valence-corrected chi connectivity index (χ3v) is 4.75. The van der Waals surface area contributed by atoms with E-state index in [1.165, 1.54) is 12.8 Å². The lowest BCUT2D eigenvalue weighted by Gasteiger charge is -2.42. The summed E-state index contributed by atoms with van der Waals surface area (Å²) in [6.45, 7) is 3.83. The van der Waals surface area contributed by atoms with E-state index >= 15 is 0 Å². The second-order valence-corrected chi connectivity index (χ2v) is 6.46. The first-order valence-corrected chi connectivity index (χ1v) is 8.70. The fraction of sp³-hybridized carbons (Fsp3) is 0.875. The predicted octanol–water partition coefficient (Wildman–Crippen LogP) is 1.18. The molecule has 0 radical (unpaired) electrons. The second kappa shape index (κ2) is 9.08. The molecule has 0 aromatic carbocycles. The van der Waals surface area contributed by atoms with Gasteiger partial charge in [-0.2, -0.15) is 0 Å². The monoisotopic (exact) mass is 327 g/mol.